The highest BCUT2D eigenvalue weighted by Gasteiger charge is 2.36. The van der Waals surface area contributed by atoms with Gasteiger partial charge in [0.25, 0.3) is 0 Å². The summed E-state index contributed by atoms with van der Waals surface area (Å²) in [5.41, 5.74) is 19.8. The minimum Gasteiger partial charge on any atom is -0.309 e. The first-order chi connectivity index (χ1) is 28.2. The van der Waals surface area contributed by atoms with Crippen LogP contribution >= 0.6 is 0 Å². The van der Waals surface area contributed by atoms with E-state index in [0.717, 1.165) is 25.7 Å². The summed E-state index contributed by atoms with van der Waals surface area (Å²) < 4.78 is 4.88. The number of rotatable bonds is 6. The molecule has 11 rings (SSSR count). The second-order valence-corrected chi connectivity index (χ2v) is 16.0. The van der Waals surface area contributed by atoms with Crippen molar-refractivity contribution in [2.24, 2.45) is 0 Å². The van der Waals surface area contributed by atoms with Crippen molar-refractivity contribution in [1.29, 1.82) is 0 Å². The van der Waals surface area contributed by atoms with E-state index < -0.39 is 0 Å². The Morgan fingerprint density at radius 2 is 1.18 bits per heavy atom. The standard InChI is InChI=1S/C55H44N2/c1-5-15-39(16-6-1)41-23-33-53-49(37-41)47-19-9-3-10-21-51(47)56(53)45-29-25-43(26-30-45)55(35-13-4-14-36-55)44-27-31-46(32-28-44)57-52-22-12-11-20-48(52)50-38-42(24-34-54(50)57)40-17-7-2-8-18-40/h2-3,5,7-8,10-12,15-34,37-38H,1,4,6,13-14,35-36H2. The average Bonchev–Trinajstić information content (AvgIpc) is 3.66. The number of hydrogen-bond acceptors (Lipinski definition) is 0. The molecule has 2 heterocycles. The first kappa shape index (κ1) is 33.7. The van der Waals surface area contributed by atoms with Crippen molar-refractivity contribution in [3.05, 3.63) is 204 Å². The lowest BCUT2D eigenvalue weighted by Crippen LogP contribution is -2.30. The highest BCUT2D eigenvalue weighted by atomic mass is 15.0. The summed E-state index contributed by atoms with van der Waals surface area (Å²) in [6.45, 7) is 0. The molecular formula is C55H44N2. The third-order valence-corrected chi connectivity index (χ3v) is 12.9. The van der Waals surface area contributed by atoms with Crippen LogP contribution in [0.4, 0.5) is 0 Å². The van der Waals surface area contributed by atoms with Crippen molar-refractivity contribution in [3.63, 3.8) is 0 Å². The molecule has 0 aliphatic heterocycles. The predicted molar refractivity (Wildman–Crippen MR) is 241 cm³/mol. The Hall–Kier alpha value is -6.60. The first-order valence-corrected chi connectivity index (χ1v) is 20.7. The molecule has 1 saturated carbocycles. The fraction of sp³-hybridized carbons (Fsp3) is 0.145. The molecule has 6 aromatic carbocycles. The molecule has 274 valence electrons. The smallest absolute Gasteiger partial charge is 0.0547 e. The molecule has 0 radical (unpaired) electrons. The zero-order valence-corrected chi connectivity index (χ0v) is 32.2. The topological polar surface area (TPSA) is 9.86 Å². The van der Waals surface area contributed by atoms with Gasteiger partial charge in [-0.05, 0) is 132 Å². The molecule has 0 unspecified atom stereocenters. The van der Waals surface area contributed by atoms with Gasteiger partial charge in [-0.3, -0.25) is 0 Å². The largest absolute Gasteiger partial charge is 0.309 e. The SMILES string of the molecule is C1=CC=Cc2c(c3cc(C4=CCCC=C4)ccc3n2-c2ccc(C3(c4ccc(-n5c6ccccc6c6cc(-c7ccccc7)ccc65)cc4)CCCCC3)cc2)C=1. The molecule has 3 aliphatic rings. The van der Waals surface area contributed by atoms with E-state index >= 15 is 0 Å². The minimum absolute atomic E-state index is 0.0148. The molecule has 57 heavy (non-hydrogen) atoms. The number of allylic oxidation sites excluding steroid dienone is 6. The highest BCUT2D eigenvalue weighted by Crippen LogP contribution is 2.46. The van der Waals surface area contributed by atoms with Crippen molar-refractivity contribution in [1.82, 2.24) is 9.13 Å². The molecule has 0 saturated heterocycles. The molecule has 1 fully saturated rings. The van der Waals surface area contributed by atoms with Crippen molar-refractivity contribution < 1.29 is 0 Å². The van der Waals surface area contributed by atoms with Crippen LogP contribution in [0.5, 0.6) is 0 Å². The van der Waals surface area contributed by atoms with Gasteiger partial charge in [0.2, 0.25) is 0 Å². The maximum Gasteiger partial charge on any atom is 0.0547 e. The van der Waals surface area contributed by atoms with Gasteiger partial charge in [-0.25, -0.2) is 0 Å². The maximum atomic E-state index is 3.39. The number of nitrogens with zero attached hydrogens (tertiary/aromatic N) is 2. The fourth-order valence-corrected chi connectivity index (χ4v) is 10.1. The van der Waals surface area contributed by atoms with E-state index in [1.54, 1.807) is 0 Å². The minimum atomic E-state index is -0.0148. The average molecular weight is 733 g/mol. The lowest BCUT2D eigenvalue weighted by Gasteiger charge is -2.39. The van der Waals surface area contributed by atoms with Crippen LogP contribution in [0.3, 0.4) is 0 Å². The van der Waals surface area contributed by atoms with Crippen LogP contribution in [-0.4, -0.2) is 9.13 Å². The van der Waals surface area contributed by atoms with Crippen molar-refractivity contribution >= 4 is 50.4 Å². The van der Waals surface area contributed by atoms with Gasteiger partial charge in [-0.15, -0.1) is 5.73 Å². The second kappa shape index (κ2) is 13.9. The third-order valence-electron chi connectivity index (χ3n) is 12.9. The van der Waals surface area contributed by atoms with E-state index in [1.807, 2.05) is 6.08 Å². The Morgan fingerprint density at radius 3 is 1.93 bits per heavy atom. The van der Waals surface area contributed by atoms with Gasteiger partial charge in [0.05, 0.1) is 22.2 Å². The molecule has 0 atom stereocenters. The quantitative estimate of drug-likeness (QED) is 0.151. The summed E-state index contributed by atoms with van der Waals surface area (Å²) in [7, 11) is 0. The first-order valence-electron chi connectivity index (χ1n) is 20.7. The van der Waals surface area contributed by atoms with Crippen LogP contribution < -0.4 is 0 Å². The Balaban J connectivity index is 0.975. The number of fused-ring (bicyclic) bond motifs is 6. The van der Waals surface area contributed by atoms with E-state index in [9.17, 15) is 0 Å². The number of hydrogen-bond donors (Lipinski definition) is 0. The Morgan fingerprint density at radius 1 is 0.509 bits per heavy atom. The Labute approximate surface area is 334 Å². The number of para-hydroxylation sites is 1. The summed E-state index contributed by atoms with van der Waals surface area (Å²) in [4.78, 5) is 0. The molecule has 2 heteroatoms. The van der Waals surface area contributed by atoms with Crippen LogP contribution in [0, 0.1) is 0 Å². The normalized spacial score (nSPS) is 16.0. The second-order valence-electron chi connectivity index (χ2n) is 16.0. The van der Waals surface area contributed by atoms with Crippen LogP contribution in [-0.2, 0) is 5.41 Å². The van der Waals surface area contributed by atoms with Gasteiger partial charge < -0.3 is 9.13 Å². The summed E-state index contributed by atoms with van der Waals surface area (Å²) in [5, 5.41) is 3.84. The van der Waals surface area contributed by atoms with Crippen LogP contribution in [0.2, 0.25) is 0 Å². The van der Waals surface area contributed by atoms with Crippen molar-refractivity contribution in [3.8, 4) is 22.5 Å². The molecule has 3 aliphatic carbocycles. The molecule has 0 spiro atoms. The number of aromatic nitrogens is 2. The van der Waals surface area contributed by atoms with Crippen molar-refractivity contribution in [2.75, 3.05) is 0 Å². The Kier molecular flexibility index (Phi) is 8.19. The monoisotopic (exact) mass is 732 g/mol. The molecule has 0 N–H and O–H groups in total. The molecule has 2 nitrogen and oxygen atoms in total. The van der Waals surface area contributed by atoms with Gasteiger partial charge in [0.15, 0.2) is 0 Å². The predicted octanol–water partition coefficient (Wildman–Crippen LogP) is 14.6. The zero-order chi connectivity index (χ0) is 37.8. The van der Waals surface area contributed by atoms with Crippen LogP contribution in [0.25, 0.3) is 72.9 Å². The van der Waals surface area contributed by atoms with E-state index in [-0.39, 0.29) is 5.41 Å². The molecule has 8 aromatic rings. The third kappa shape index (κ3) is 5.63. The summed E-state index contributed by atoms with van der Waals surface area (Å²) in [5.74, 6) is 0. The lowest BCUT2D eigenvalue weighted by molar-refractivity contribution is 0.346. The highest BCUT2D eigenvalue weighted by molar-refractivity contribution is 6.10. The van der Waals surface area contributed by atoms with Gasteiger partial charge in [-0.1, -0.05) is 128 Å². The maximum absolute atomic E-state index is 3.39. The van der Waals surface area contributed by atoms with E-state index in [4.69, 9.17) is 0 Å². The summed E-state index contributed by atoms with van der Waals surface area (Å²) in [6.07, 6.45) is 23.8. The molecule has 2 aromatic heterocycles. The molecular weight excluding hydrogens is 689 g/mol. The van der Waals surface area contributed by atoms with E-state index in [2.05, 4.69) is 191 Å². The van der Waals surface area contributed by atoms with E-state index in [1.165, 1.54) is 108 Å². The lowest BCUT2D eigenvalue weighted by atomic mass is 9.65. The summed E-state index contributed by atoms with van der Waals surface area (Å²) in [6, 6.07) is 52.6. The Bertz CT molecular complexity index is 2980. The van der Waals surface area contributed by atoms with Gasteiger partial charge in [0, 0.05) is 38.5 Å². The van der Waals surface area contributed by atoms with Gasteiger partial charge in [-0.2, -0.15) is 0 Å². The molecule has 0 amide bonds. The zero-order valence-electron chi connectivity index (χ0n) is 32.2. The fourth-order valence-electron chi connectivity index (χ4n) is 10.1. The number of benzene rings is 6. The van der Waals surface area contributed by atoms with Crippen LogP contribution in [0.1, 0.15) is 72.9 Å². The van der Waals surface area contributed by atoms with Gasteiger partial charge >= 0.3 is 0 Å². The van der Waals surface area contributed by atoms with Crippen LogP contribution in [0.15, 0.2) is 176 Å². The van der Waals surface area contributed by atoms with E-state index in [0.29, 0.717) is 0 Å². The van der Waals surface area contributed by atoms with Crippen molar-refractivity contribution in [2.45, 2.75) is 50.4 Å². The summed E-state index contributed by atoms with van der Waals surface area (Å²) >= 11 is 0. The van der Waals surface area contributed by atoms with Gasteiger partial charge in [0.1, 0.15) is 0 Å². The molecule has 0 bridgehead atoms.